The highest BCUT2D eigenvalue weighted by Gasteiger charge is 2.28. The number of fused-ring (bicyclic) bond motifs is 1. The summed E-state index contributed by atoms with van der Waals surface area (Å²) in [6.07, 6.45) is 3.58. The minimum Gasteiger partial charge on any atom is -0.378 e. The molecule has 1 fully saturated rings. The Morgan fingerprint density at radius 1 is 1.24 bits per heavy atom. The lowest BCUT2D eigenvalue weighted by molar-refractivity contribution is 0.0906. The van der Waals surface area contributed by atoms with Gasteiger partial charge in [-0.25, -0.2) is 17.9 Å². The van der Waals surface area contributed by atoms with E-state index in [1.807, 2.05) is 37.5 Å². The van der Waals surface area contributed by atoms with Crippen molar-refractivity contribution in [1.82, 2.24) is 18.9 Å². The van der Waals surface area contributed by atoms with Crippen LogP contribution in [-0.4, -0.2) is 72.0 Å². The molecule has 0 atom stereocenters. The summed E-state index contributed by atoms with van der Waals surface area (Å²) in [5.41, 5.74) is 1.88. The largest absolute Gasteiger partial charge is 0.378 e. The molecular weight excluding hydrogens is 342 g/mol. The van der Waals surface area contributed by atoms with Crippen LogP contribution >= 0.6 is 0 Å². The first-order valence-electron chi connectivity index (χ1n) is 8.52. The smallest absolute Gasteiger partial charge is 0.216 e. The summed E-state index contributed by atoms with van der Waals surface area (Å²) in [6.45, 7) is 8.12. The zero-order valence-electron chi connectivity index (χ0n) is 14.9. The lowest BCUT2D eigenvalue weighted by atomic mass is 10.3. The van der Waals surface area contributed by atoms with Crippen molar-refractivity contribution in [1.29, 1.82) is 0 Å². The molecule has 0 amide bonds. The van der Waals surface area contributed by atoms with Crippen LogP contribution < -0.4 is 4.90 Å². The predicted molar refractivity (Wildman–Crippen MR) is 96.4 cm³/mol. The van der Waals surface area contributed by atoms with Gasteiger partial charge in [-0.2, -0.15) is 9.40 Å². The van der Waals surface area contributed by atoms with Crippen molar-refractivity contribution in [3.05, 3.63) is 24.2 Å². The Bertz CT molecular complexity index is 825. The summed E-state index contributed by atoms with van der Waals surface area (Å²) in [7, 11) is -3.28. The van der Waals surface area contributed by atoms with E-state index in [1.165, 1.54) is 0 Å². The van der Waals surface area contributed by atoms with E-state index >= 15 is 0 Å². The number of nitrogens with zero attached hydrogens (tertiary/aromatic N) is 5. The number of hydrogen-bond donors (Lipinski definition) is 0. The van der Waals surface area contributed by atoms with Crippen LogP contribution in [0.4, 0.5) is 5.82 Å². The monoisotopic (exact) mass is 367 g/mol. The van der Waals surface area contributed by atoms with Crippen LogP contribution in [0.3, 0.4) is 0 Å². The highest BCUT2D eigenvalue weighted by Crippen LogP contribution is 2.21. The molecule has 25 heavy (non-hydrogen) atoms. The minimum atomic E-state index is -3.28. The van der Waals surface area contributed by atoms with Gasteiger partial charge < -0.3 is 9.64 Å². The molecule has 0 aliphatic carbocycles. The van der Waals surface area contributed by atoms with E-state index in [4.69, 9.17) is 4.74 Å². The number of piperazine rings is 1. The van der Waals surface area contributed by atoms with E-state index in [-0.39, 0.29) is 18.5 Å². The van der Waals surface area contributed by atoms with Crippen molar-refractivity contribution >= 4 is 21.4 Å². The molecule has 1 aliphatic rings. The van der Waals surface area contributed by atoms with Gasteiger partial charge in [-0.1, -0.05) is 0 Å². The van der Waals surface area contributed by atoms with Crippen LogP contribution in [0.1, 0.15) is 19.5 Å². The predicted octanol–water partition coefficient (Wildman–Crippen LogP) is 0.915. The van der Waals surface area contributed by atoms with Gasteiger partial charge in [0.25, 0.3) is 0 Å². The Morgan fingerprint density at radius 3 is 2.64 bits per heavy atom. The van der Waals surface area contributed by atoms with Crippen molar-refractivity contribution in [3.63, 3.8) is 0 Å². The summed E-state index contributed by atoms with van der Waals surface area (Å²) in [6, 6.07) is 1.99. The first kappa shape index (κ1) is 18.1. The fourth-order valence-corrected chi connectivity index (χ4v) is 4.26. The summed E-state index contributed by atoms with van der Waals surface area (Å²) in [5, 5.41) is 4.40. The number of anilines is 1. The fourth-order valence-electron chi connectivity index (χ4n) is 2.97. The Hall–Kier alpha value is -1.71. The second-order valence-electron chi connectivity index (χ2n) is 6.49. The van der Waals surface area contributed by atoms with Crippen LogP contribution in [0.5, 0.6) is 0 Å². The van der Waals surface area contributed by atoms with Crippen molar-refractivity contribution in [2.45, 2.75) is 26.9 Å². The van der Waals surface area contributed by atoms with Gasteiger partial charge in [0.05, 0.1) is 24.2 Å². The zero-order chi connectivity index (χ0) is 18.0. The third-order valence-corrected chi connectivity index (χ3v) is 6.05. The van der Waals surface area contributed by atoms with E-state index in [0.29, 0.717) is 26.2 Å². The number of rotatable bonds is 6. The van der Waals surface area contributed by atoms with Gasteiger partial charge in [0, 0.05) is 38.6 Å². The number of ether oxygens (including phenoxy) is 1. The minimum absolute atomic E-state index is 0.0286. The van der Waals surface area contributed by atoms with E-state index < -0.39 is 10.0 Å². The molecule has 8 nitrogen and oxygen atoms in total. The third-order valence-electron chi connectivity index (χ3n) is 4.22. The second kappa shape index (κ2) is 7.27. The summed E-state index contributed by atoms with van der Waals surface area (Å²) in [4.78, 5) is 6.60. The molecule has 0 N–H and O–H groups in total. The molecule has 2 aromatic rings. The normalized spacial score (nSPS) is 16.9. The van der Waals surface area contributed by atoms with E-state index in [9.17, 15) is 8.42 Å². The maximum atomic E-state index is 12.4. The van der Waals surface area contributed by atoms with E-state index in [0.717, 1.165) is 17.0 Å². The molecule has 0 aromatic carbocycles. The van der Waals surface area contributed by atoms with Gasteiger partial charge in [-0.15, -0.1) is 0 Å². The van der Waals surface area contributed by atoms with Gasteiger partial charge in [0.1, 0.15) is 5.52 Å². The average molecular weight is 367 g/mol. The highest BCUT2D eigenvalue weighted by atomic mass is 32.2. The lowest BCUT2D eigenvalue weighted by Crippen LogP contribution is -2.50. The molecule has 0 radical (unpaired) electrons. The maximum Gasteiger partial charge on any atom is 0.216 e. The molecule has 1 saturated heterocycles. The van der Waals surface area contributed by atoms with Crippen LogP contribution in [-0.2, 0) is 14.8 Å². The van der Waals surface area contributed by atoms with Crippen LogP contribution in [0, 0.1) is 6.92 Å². The molecule has 138 valence electrons. The van der Waals surface area contributed by atoms with Gasteiger partial charge in [-0.05, 0) is 26.8 Å². The molecule has 0 unspecified atom stereocenters. The molecule has 0 saturated carbocycles. The van der Waals surface area contributed by atoms with Gasteiger partial charge in [0.2, 0.25) is 10.0 Å². The highest BCUT2D eigenvalue weighted by molar-refractivity contribution is 7.89. The SMILES string of the molecule is Cc1cc2c(N3CCN(S(=O)(=O)CCOC(C)C)CC3)nccn2n1. The molecule has 3 rings (SSSR count). The zero-order valence-corrected chi connectivity index (χ0v) is 15.7. The third kappa shape index (κ3) is 4.10. The molecule has 1 aliphatic heterocycles. The van der Waals surface area contributed by atoms with Gasteiger partial charge >= 0.3 is 0 Å². The Morgan fingerprint density at radius 2 is 1.96 bits per heavy atom. The molecule has 0 bridgehead atoms. The maximum absolute atomic E-state index is 12.4. The first-order chi connectivity index (χ1) is 11.9. The average Bonchev–Trinajstić information content (AvgIpc) is 2.94. The van der Waals surface area contributed by atoms with Gasteiger partial charge in [0.15, 0.2) is 5.82 Å². The van der Waals surface area contributed by atoms with Crippen molar-refractivity contribution in [2.75, 3.05) is 43.4 Å². The molecule has 3 heterocycles. The molecular formula is C16H25N5O3S. The summed E-state index contributed by atoms with van der Waals surface area (Å²) in [5.74, 6) is 0.879. The van der Waals surface area contributed by atoms with Crippen molar-refractivity contribution < 1.29 is 13.2 Å². The fraction of sp³-hybridized carbons (Fsp3) is 0.625. The quantitative estimate of drug-likeness (QED) is 0.755. The summed E-state index contributed by atoms with van der Waals surface area (Å²) < 4.78 is 33.6. The van der Waals surface area contributed by atoms with Crippen molar-refractivity contribution in [2.24, 2.45) is 0 Å². The Labute approximate surface area is 148 Å². The molecule has 2 aromatic heterocycles. The number of aryl methyl sites for hydroxylation is 1. The lowest BCUT2D eigenvalue weighted by Gasteiger charge is -2.34. The van der Waals surface area contributed by atoms with Crippen LogP contribution in [0.25, 0.3) is 5.52 Å². The van der Waals surface area contributed by atoms with Crippen molar-refractivity contribution in [3.8, 4) is 0 Å². The standard InChI is InChI=1S/C16H25N5O3S/c1-13(2)24-10-11-25(22,23)20-8-6-19(7-9-20)16-15-12-14(3)18-21(15)5-4-17-16/h4-5,12-13H,6-11H2,1-3H3. The van der Waals surface area contributed by atoms with Crippen LogP contribution in [0.15, 0.2) is 18.5 Å². The number of sulfonamides is 1. The number of aromatic nitrogens is 3. The first-order valence-corrected chi connectivity index (χ1v) is 10.1. The molecule has 0 spiro atoms. The van der Waals surface area contributed by atoms with Gasteiger partial charge in [-0.3, -0.25) is 0 Å². The Balaban J connectivity index is 1.65. The Kier molecular flexibility index (Phi) is 5.26. The second-order valence-corrected chi connectivity index (χ2v) is 8.58. The van der Waals surface area contributed by atoms with Crippen LogP contribution in [0.2, 0.25) is 0 Å². The molecule has 9 heteroatoms. The summed E-state index contributed by atoms with van der Waals surface area (Å²) >= 11 is 0. The number of hydrogen-bond acceptors (Lipinski definition) is 6. The van der Waals surface area contributed by atoms with E-state index in [1.54, 1.807) is 10.5 Å². The topological polar surface area (TPSA) is 80.0 Å². The van der Waals surface area contributed by atoms with E-state index in [2.05, 4.69) is 15.0 Å².